The minimum atomic E-state index is -0.381. The molecule has 1 fully saturated rings. The van der Waals surface area contributed by atoms with Crippen LogP contribution in [0.3, 0.4) is 0 Å². The van der Waals surface area contributed by atoms with Gasteiger partial charge in [-0.3, -0.25) is 9.59 Å². The number of nitrogens with one attached hydrogen (secondary N) is 1. The van der Waals surface area contributed by atoms with E-state index in [4.69, 9.17) is 11.6 Å². The van der Waals surface area contributed by atoms with Crippen LogP contribution in [0.1, 0.15) is 37.0 Å². The van der Waals surface area contributed by atoms with Crippen LogP contribution >= 0.6 is 11.6 Å². The molecule has 0 bridgehead atoms. The fraction of sp³-hybridized carbons (Fsp3) is 0.429. The van der Waals surface area contributed by atoms with Gasteiger partial charge in [0.05, 0.1) is 11.3 Å². The number of carbonyl (C=O) groups is 2. The summed E-state index contributed by atoms with van der Waals surface area (Å²) in [5.74, 6) is -0.233. The van der Waals surface area contributed by atoms with E-state index in [9.17, 15) is 9.59 Å². The van der Waals surface area contributed by atoms with Crippen molar-refractivity contribution in [3.05, 3.63) is 28.8 Å². The molecule has 100 valence electrons. The van der Waals surface area contributed by atoms with E-state index in [0.29, 0.717) is 22.7 Å². The van der Waals surface area contributed by atoms with Crippen molar-refractivity contribution in [3.63, 3.8) is 0 Å². The molecule has 2 aliphatic heterocycles. The lowest BCUT2D eigenvalue weighted by Crippen LogP contribution is -2.49. The van der Waals surface area contributed by atoms with Gasteiger partial charge in [-0.05, 0) is 44.9 Å². The van der Waals surface area contributed by atoms with E-state index >= 15 is 0 Å². The van der Waals surface area contributed by atoms with Gasteiger partial charge in [0.15, 0.2) is 0 Å². The molecule has 0 saturated carbocycles. The second-order valence-corrected chi connectivity index (χ2v) is 6.16. The topological polar surface area (TPSA) is 49.4 Å². The SMILES string of the molecule is CC1(C)CCC2C(=O)Nc3ccc(Cl)cc3C(=O)N21. The molecule has 0 aromatic heterocycles. The molecule has 1 unspecified atom stereocenters. The summed E-state index contributed by atoms with van der Waals surface area (Å²) in [6.45, 7) is 3.99. The first-order valence-corrected chi connectivity index (χ1v) is 6.72. The Morgan fingerprint density at radius 1 is 1.37 bits per heavy atom. The molecule has 1 saturated heterocycles. The van der Waals surface area contributed by atoms with E-state index < -0.39 is 0 Å². The molecule has 2 amide bonds. The van der Waals surface area contributed by atoms with Gasteiger partial charge in [-0.2, -0.15) is 0 Å². The Hall–Kier alpha value is -1.55. The molecule has 19 heavy (non-hydrogen) atoms. The molecule has 1 N–H and O–H groups in total. The molecule has 1 aromatic carbocycles. The van der Waals surface area contributed by atoms with Crippen molar-refractivity contribution in [3.8, 4) is 0 Å². The lowest BCUT2D eigenvalue weighted by atomic mass is 10.0. The number of anilines is 1. The van der Waals surface area contributed by atoms with Gasteiger partial charge >= 0.3 is 0 Å². The summed E-state index contributed by atoms with van der Waals surface area (Å²) in [5.41, 5.74) is 0.714. The molecule has 5 heteroatoms. The zero-order valence-corrected chi connectivity index (χ0v) is 11.6. The van der Waals surface area contributed by atoms with E-state index in [1.54, 1.807) is 23.1 Å². The molecule has 0 radical (unpaired) electrons. The predicted octanol–water partition coefficient (Wildman–Crippen LogP) is 2.68. The van der Waals surface area contributed by atoms with Gasteiger partial charge in [0, 0.05) is 10.6 Å². The highest BCUT2D eigenvalue weighted by molar-refractivity contribution is 6.31. The zero-order valence-electron chi connectivity index (χ0n) is 10.9. The van der Waals surface area contributed by atoms with Crippen molar-refractivity contribution in [2.45, 2.75) is 38.3 Å². The van der Waals surface area contributed by atoms with Gasteiger partial charge in [-0.25, -0.2) is 0 Å². The number of carbonyl (C=O) groups excluding carboxylic acids is 2. The Bertz CT molecular complexity index is 583. The first-order valence-electron chi connectivity index (χ1n) is 6.34. The number of hydrogen-bond donors (Lipinski definition) is 1. The van der Waals surface area contributed by atoms with Crippen molar-refractivity contribution in [2.75, 3.05) is 5.32 Å². The standard InChI is InChI=1S/C14H15ClN2O2/c1-14(2)6-5-11-12(18)16-10-4-3-8(15)7-9(10)13(19)17(11)14/h3-4,7,11H,5-6H2,1-2H3,(H,16,18). The third kappa shape index (κ3) is 1.82. The van der Waals surface area contributed by atoms with Crippen LogP contribution in [0.25, 0.3) is 0 Å². The molecular formula is C14H15ClN2O2. The highest BCUT2D eigenvalue weighted by Crippen LogP contribution is 2.38. The molecule has 2 aliphatic rings. The number of benzene rings is 1. The van der Waals surface area contributed by atoms with E-state index in [1.807, 2.05) is 13.8 Å². The number of hydrogen-bond acceptors (Lipinski definition) is 2. The van der Waals surface area contributed by atoms with Crippen molar-refractivity contribution in [2.24, 2.45) is 0 Å². The van der Waals surface area contributed by atoms with E-state index in [1.165, 1.54) is 0 Å². The summed E-state index contributed by atoms with van der Waals surface area (Å²) in [6, 6.07) is 4.60. The summed E-state index contributed by atoms with van der Waals surface area (Å²) in [4.78, 5) is 26.6. The number of halogens is 1. The lowest BCUT2D eigenvalue weighted by molar-refractivity contribution is -0.120. The second-order valence-electron chi connectivity index (χ2n) is 5.72. The van der Waals surface area contributed by atoms with Crippen LogP contribution in [-0.4, -0.2) is 28.3 Å². The summed E-state index contributed by atoms with van der Waals surface area (Å²) < 4.78 is 0. The van der Waals surface area contributed by atoms with Gasteiger partial charge in [0.1, 0.15) is 6.04 Å². The highest BCUT2D eigenvalue weighted by atomic mass is 35.5. The first kappa shape index (κ1) is 12.5. The Morgan fingerprint density at radius 3 is 2.84 bits per heavy atom. The monoisotopic (exact) mass is 278 g/mol. The molecule has 2 heterocycles. The molecular weight excluding hydrogens is 264 g/mol. The lowest BCUT2D eigenvalue weighted by Gasteiger charge is -2.33. The zero-order chi connectivity index (χ0) is 13.8. The van der Waals surface area contributed by atoms with Crippen LogP contribution in [-0.2, 0) is 4.79 Å². The average molecular weight is 279 g/mol. The maximum absolute atomic E-state index is 12.7. The molecule has 1 aromatic rings. The van der Waals surface area contributed by atoms with Gasteiger partial charge in [0.2, 0.25) is 5.91 Å². The van der Waals surface area contributed by atoms with Crippen molar-refractivity contribution in [1.29, 1.82) is 0 Å². The number of rotatable bonds is 0. The van der Waals surface area contributed by atoms with Gasteiger partial charge in [0.25, 0.3) is 5.91 Å². The third-order valence-corrected chi connectivity index (χ3v) is 4.22. The Morgan fingerprint density at radius 2 is 2.11 bits per heavy atom. The van der Waals surface area contributed by atoms with E-state index in [-0.39, 0.29) is 23.4 Å². The maximum Gasteiger partial charge on any atom is 0.257 e. The Kier molecular flexibility index (Phi) is 2.61. The van der Waals surface area contributed by atoms with Gasteiger partial charge in [-0.15, -0.1) is 0 Å². The molecule has 3 rings (SSSR count). The highest BCUT2D eigenvalue weighted by Gasteiger charge is 2.47. The van der Waals surface area contributed by atoms with E-state index in [2.05, 4.69) is 5.32 Å². The van der Waals surface area contributed by atoms with Crippen molar-refractivity contribution < 1.29 is 9.59 Å². The molecule has 0 spiro atoms. The van der Waals surface area contributed by atoms with Crippen LogP contribution in [0, 0.1) is 0 Å². The number of amides is 2. The quantitative estimate of drug-likeness (QED) is 0.793. The first-order chi connectivity index (χ1) is 8.90. The van der Waals surface area contributed by atoms with Crippen LogP contribution in [0.2, 0.25) is 5.02 Å². The Balaban J connectivity index is 2.16. The van der Waals surface area contributed by atoms with Gasteiger partial charge in [-0.1, -0.05) is 11.6 Å². The third-order valence-electron chi connectivity index (χ3n) is 3.98. The summed E-state index contributed by atoms with van der Waals surface area (Å²) in [5, 5.41) is 3.33. The average Bonchev–Trinajstić information content (AvgIpc) is 2.60. The Labute approximate surface area is 116 Å². The maximum atomic E-state index is 12.7. The van der Waals surface area contributed by atoms with Crippen molar-refractivity contribution >= 4 is 29.1 Å². The number of nitrogens with zero attached hydrogens (tertiary/aromatic N) is 1. The normalized spacial score (nSPS) is 24.6. The fourth-order valence-electron chi connectivity index (χ4n) is 2.97. The predicted molar refractivity (Wildman–Crippen MR) is 73.4 cm³/mol. The van der Waals surface area contributed by atoms with E-state index in [0.717, 1.165) is 6.42 Å². The van der Waals surface area contributed by atoms with Crippen LogP contribution < -0.4 is 5.32 Å². The van der Waals surface area contributed by atoms with Gasteiger partial charge < -0.3 is 10.2 Å². The second kappa shape index (κ2) is 3.97. The molecule has 0 aliphatic carbocycles. The summed E-state index contributed by atoms with van der Waals surface area (Å²) in [6.07, 6.45) is 1.53. The minimum Gasteiger partial charge on any atom is -0.324 e. The van der Waals surface area contributed by atoms with Crippen LogP contribution in [0.15, 0.2) is 18.2 Å². The summed E-state index contributed by atoms with van der Waals surface area (Å²) >= 11 is 5.96. The van der Waals surface area contributed by atoms with Crippen LogP contribution in [0.4, 0.5) is 5.69 Å². The van der Waals surface area contributed by atoms with Crippen molar-refractivity contribution in [1.82, 2.24) is 4.90 Å². The molecule has 1 atom stereocenters. The number of fused-ring (bicyclic) bond motifs is 2. The fourth-order valence-corrected chi connectivity index (χ4v) is 3.15. The molecule has 4 nitrogen and oxygen atoms in total. The minimum absolute atomic E-state index is 0.111. The summed E-state index contributed by atoms with van der Waals surface area (Å²) in [7, 11) is 0. The largest absolute Gasteiger partial charge is 0.324 e. The smallest absolute Gasteiger partial charge is 0.257 e. The van der Waals surface area contributed by atoms with Crippen LogP contribution in [0.5, 0.6) is 0 Å².